The van der Waals surface area contributed by atoms with Crippen LogP contribution >= 0.6 is 0 Å². The molecule has 27 heavy (non-hydrogen) atoms. The minimum Gasteiger partial charge on any atom is -0.493 e. The van der Waals surface area contributed by atoms with E-state index in [1.54, 1.807) is 47.5 Å². The first-order valence-corrected chi connectivity index (χ1v) is 8.19. The average molecular weight is 368 g/mol. The summed E-state index contributed by atoms with van der Waals surface area (Å²) >= 11 is 0. The average Bonchev–Trinajstić information content (AvgIpc) is 3.22. The van der Waals surface area contributed by atoms with Gasteiger partial charge in [-0.1, -0.05) is 0 Å². The van der Waals surface area contributed by atoms with Crippen LogP contribution in [0.15, 0.2) is 48.9 Å². The molecule has 0 unspecified atom stereocenters. The van der Waals surface area contributed by atoms with Gasteiger partial charge in [0.15, 0.2) is 17.3 Å². The third-order valence-electron chi connectivity index (χ3n) is 3.86. The molecule has 2 heterocycles. The summed E-state index contributed by atoms with van der Waals surface area (Å²) in [6, 6.07) is 8.87. The Kier molecular flexibility index (Phi) is 5.55. The highest BCUT2D eigenvalue weighted by atomic mass is 16.5. The number of carbonyl (C=O) groups excluding carboxylic acids is 1. The van der Waals surface area contributed by atoms with E-state index in [0.29, 0.717) is 28.8 Å². The first kappa shape index (κ1) is 18.2. The smallest absolute Gasteiger partial charge is 0.228 e. The van der Waals surface area contributed by atoms with Gasteiger partial charge in [-0.3, -0.25) is 4.79 Å². The summed E-state index contributed by atoms with van der Waals surface area (Å²) in [6.07, 6.45) is 5.21. The third-order valence-corrected chi connectivity index (χ3v) is 3.86. The molecule has 3 rings (SSSR count). The molecule has 0 aliphatic heterocycles. The molecule has 8 nitrogen and oxygen atoms in total. The second-order valence-corrected chi connectivity index (χ2v) is 5.61. The first-order chi connectivity index (χ1) is 13.1. The second kappa shape index (κ2) is 8.22. The van der Waals surface area contributed by atoms with Crippen LogP contribution in [0.4, 0.5) is 5.69 Å². The molecule has 0 radical (unpaired) electrons. The molecular weight excluding hydrogens is 348 g/mol. The summed E-state index contributed by atoms with van der Waals surface area (Å²) in [4.78, 5) is 16.7. The molecule has 3 aromatic rings. The van der Waals surface area contributed by atoms with Crippen molar-refractivity contribution in [2.45, 2.75) is 6.42 Å². The fourth-order valence-electron chi connectivity index (χ4n) is 2.63. The zero-order valence-corrected chi connectivity index (χ0v) is 15.3. The molecule has 1 amide bonds. The van der Waals surface area contributed by atoms with Gasteiger partial charge in [0, 0.05) is 12.4 Å². The van der Waals surface area contributed by atoms with Crippen molar-refractivity contribution in [2.24, 2.45) is 0 Å². The number of ether oxygens (including phenoxy) is 3. The maximum Gasteiger partial charge on any atom is 0.228 e. The lowest BCUT2D eigenvalue weighted by atomic mass is 10.1. The zero-order valence-electron chi connectivity index (χ0n) is 15.3. The van der Waals surface area contributed by atoms with Crippen LogP contribution in [0.1, 0.15) is 5.56 Å². The summed E-state index contributed by atoms with van der Waals surface area (Å²) in [5, 5.41) is 6.94. The Hall–Kier alpha value is -3.55. The van der Waals surface area contributed by atoms with E-state index in [9.17, 15) is 4.79 Å². The fourth-order valence-corrected chi connectivity index (χ4v) is 2.63. The van der Waals surface area contributed by atoms with Crippen molar-refractivity contribution in [1.82, 2.24) is 14.8 Å². The van der Waals surface area contributed by atoms with Crippen LogP contribution in [0, 0.1) is 0 Å². The van der Waals surface area contributed by atoms with Crippen molar-refractivity contribution >= 4 is 11.6 Å². The Morgan fingerprint density at radius 2 is 1.85 bits per heavy atom. The molecule has 1 N–H and O–H groups in total. The lowest BCUT2D eigenvalue weighted by Gasteiger charge is -2.14. The standard InChI is InChI=1S/C19H20N4O4/c1-25-15-9-13(10-16(26-2)19(15)27-3)11-18(24)22-14-5-6-17(20-12-14)23-8-4-7-21-23/h4-10,12H,11H2,1-3H3,(H,22,24). The van der Waals surface area contributed by atoms with E-state index in [2.05, 4.69) is 15.4 Å². The molecule has 0 atom stereocenters. The van der Waals surface area contributed by atoms with E-state index in [1.165, 1.54) is 21.3 Å². The Bertz CT molecular complexity index is 883. The fraction of sp³-hybridized carbons (Fsp3) is 0.211. The maximum atomic E-state index is 12.4. The van der Waals surface area contributed by atoms with Crippen LogP contribution in [0.5, 0.6) is 17.2 Å². The van der Waals surface area contributed by atoms with Crippen LogP contribution in [-0.2, 0) is 11.2 Å². The van der Waals surface area contributed by atoms with Crippen LogP contribution < -0.4 is 19.5 Å². The van der Waals surface area contributed by atoms with E-state index in [4.69, 9.17) is 14.2 Å². The highest BCUT2D eigenvalue weighted by Crippen LogP contribution is 2.38. The molecule has 0 spiro atoms. The topological polar surface area (TPSA) is 87.5 Å². The van der Waals surface area contributed by atoms with Gasteiger partial charge >= 0.3 is 0 Å². The van der Waals surface area contributed by atoms with Crippen LogP contribution in [0.2, 0.25) is 0 Å². The highest BCUT2D eigenvalue weighted by Gasteiger charge is 2.15. The third kappa shape index (κ3) is 4.17. The van der Waals surface area contributed by atoms with Gasteiger partial charge in [0.25, 0.3) is 0 Å². The minimum absolute atomic E-state index is 0.150. The number of hydrogen-bond donors (Lipinski definition) is 1. The number of anilines is 1. The summed E-state index contributed by atoms with van der Waals surface area (Å²) in [6.45, 7) is 0. The van der Waals surface area contributed by atoms with Gasteiger partial charge < -0.3 is 19.5 Å². The van der Waals surface area contributed by atoms with Crippen molar-refractivity contribution in [3.63, 3.8) is 0 Å². The van der Waals surface area contributed by atoms with Crippen molar-refractivity contribution in [2.75, 3.05) is 26.6 Å². The summed E-state index contributed by atoms with van der Waals surface area (Å²) in [7, 11) is 4.61. The molecule has 2 aromatic heterocycles. The Morgan fingerprint density at radius 1 is 1.11 bits per heavy atom. The van der Waals surface area contributed by atoms with E-state index in [1.807, 2.05) is 6.07 Å². The normalized spacial score (nSPS) is 10.3. The van der Waals surface area contributed by atoms with Crippen molar-refractivity contribution < 1.29 is 19.0 Å². The van der Waals surface area contributed by atoms with Crippen LogP contribution in [-0.4, -0.2) is 42.0 Å². The largest absolute Gasteiger partial charge is 0.493 e. The molecule has 0 fully saturated rings. The molecule has 0 bridgehead atoms. The SMILES string of the molecule is COc1cc(CC(=O)Nc2ccc(-n3cccn3)nc2)cc(OC)c1OC. The Morgan fingerprint density at radius 3 is 2.37 bits per heavy atom. The summed E-state index contributed by atoms with van der Waals surface area (Å²) in [5.74, 6) is 1.98. The lowest BCUT2D eigenvalue weighted by Crippen LogP contribution is -2.15. The highest BCUT2D eigenvalue weighted by molar-refractivity contribution is 5.92. The van der Waals surface area contributed by atoms with Crippen LogP contribution in [0.25, 0.3) is 5.82 Å². The Balaban J connectivity index is 1.70. The Labute approximate surface area is 156 Å². The molecule has 0 saturated heterocycles. The predicted octanol–water partition coefficient (Wildman–Crippen LogP) is 2.47. The first-order valence-electron chi connectivity index (χ1n) is 8.19. The zero-order chi connectivity index (χ0) is 19.2. The van der Waals surface area contributed by atoms with E-state index < -0.39 is 0 Å². The number of methoxy groups -OCH3 is 3. The number of rotatable bonds is 7. The molecule has 0 saturated carbocycles. The summed E-state index contributed by atoms with van der Waals surface area (Å²) in [5.41, 5.74) is 1.34. The molecule has 8 heteroatoms. The molecule has 0 aliphatic rings. The number of nitrogens with zero attached hydrogens (tertiary/aromatic N) is 3. The predicted molar refractivity (Wildman–Crippen MR) is 99.8 cm³/mol. The minimum atomic E-state index is -0.182. The van der Waals surface area contributed by atoms with Crippen molar-refractivity contribution in [3.8, 4) is 23.1 Å². The number of nitrogens with one attached hydrogen (secondary N) is 1. The lowest BCUT2D eigenvalue weighted by molar-refractivity contribution is -0.115. The monoisotopic (exact) mass is 368 g/mol. The second-order valence-electron chi connectivity index (χ2n) is 5.61. The van der Waals surface area contributed by atoms with Crippen LogP contribution in [0.3, 0.4) is 0 Å². The molecule has 0 aliphatic carbocycles. The van der Waals surface area contributed by atoms with E-state index >= 15 is 0 Å². The number of carbonyl (C=O) groups is 1. The van der Waals surface area contributed by atoms with Crippen molar-refractivity contribution in [1.29, 1.82) is 0 Å². The molecule has 140 valence electrons. The van der Waals surface area contributed by atoms with E-state index in [0.717, 1.165) is 5.56 Å². The molecule has 1 aromatic carbocycles. The number of pyridine rings is 1. The number of hydrogen-bond acceptors (Lipinski definition) is 6. The van der Waals surface area contributed by atoms with Gasteiger partial charge in [-0.25, -0.2) is 9.67 Å². The van der Waals surface area contributed by atoms with E-state index in [-0.39, 0.29) is 12.3 Å². The van der Waals surface area contributed by atoms with Gasteiger partial charge in [-0.15, -0.1) is 0 Å². The number of amides is 1. The van der Waals surface area contributed by atoms with Gasteiger partial charge in [0.1, 0.15) is 0 Å². The quantitative estimate of drug-likeness (QED) is 0.689. The number of aromatic nitrogens is 3. The van der Waals surface area contributed by atoms with Gasteiger partial charge in [-0.05, 0) is 35.9 Å². The summed E-state index contributed by atoms with van der Waals surface area (Å²) < 4.78 is 17.6. The van der Waals surface area contributed by atoms with Gasteiger partial charge in [0.05, 0.1) is 39.6 Å². The maximum absolute atomic E-state index is 12.4. The van der Waals surface area contributed by atoms with Gasteiger partial charge in [-0.2, -0.15) is 5.10 Å². The molecular formula is C19H20N4O4. The van der Waals surface area contributed by atoms with Gasteiger partial charge in [0.2, 0.25) is 11.7 Å². The number of benzene rings is 1. The van der Waals surface area contributed by atoms with Crippen molar-refractivity contribution in [3.05, 3.63) is 54.5 Å².